The van der Waals surface area contributed by atoms with Crippen molar-refractivity contribution in [1.82, 2.24) is 15.2 Å². The SMILES string of the molecule is COc1ccc(F)c(C(=O)N2C3CCNCC2CC(=O)C3)n1. The Morgan fingerprint density at radius 1 is 1.41 bits per heavy atom. The molecule has 1 aromatic rings. The molecule has 3 rings (SSSR count). The monoisotopic (exact) mass is 307 g/mol. The van der Waals surface area contributed by atoms with E-state index in [2.05, 4.69) is 10.3 Å². The number of nitrogens with zero attached hydrogens (tertiary/aromatic N) is 2. The Kier molecular flexibility index (Phi) is 4.06. The number of pyridine rings is 1. The van der Waals surface area contributed by atoms with Gasteiger partial charge in [-0.3, -0.25) is 9.59 Å². The maximum Gasteiger partial charge on any atom is 0.276 e. The zero-order valence-corrected chi connectivity index (χ0v) is 12.3. The van der Waals surface area contributed by atoms with E-state index in [1.165, 1.54) is 19.2 Å². The summed E-state index contributed by atoms with van der Waals surface area (Å²) in [4.78, 5) is 30.2. The van der Waals surface area contributed by atoms with Crippen molar-refractivity contribution >= 4 is 11.7 Å². The summed E-state index contributed by atoms with van der Waals surface area (Å²) in [5, 5.41) is 3.23. The summed E-state index contributed by atoms with van der Waals surface area (Å²) in [6.07, 6.45) is 1.32. The van der Waals surface area contributed by atoms with Crippen LogP contribution in [0.4, 0.5) is 4.39 Å². The number of ether oxygens (including phenoxy) is 1. The minimum Gasteiger partial charge on any atom is -0.481 e. The van der Waals surface area contributed by atoms with E-state index in [9.17, 15) is 14.0 Å². The fraction of sp³-hybridized carbons (Fsp3) is 0.533. The lowest BCUT2D eigenvalue weighted by Gasteiger charge is -2.39. The number of carbonyl (C=O) groups is 2. The highest BCUT2D eigenvalue weighted by molar-refractivity contribution is 5.95. The van der Waals surface area contributed by atoms with Crippen molar-refractivity contribution in [1.29, 1.82) is 0 Å². The molecule has 7 heteroatoms. The Morgan fingerprint density at radius 2 is 2.18 bits per heavy atom. The number of methoxy groups -OCH3 is 1. The number of hydrogen-bond acceptors (Lipinski definition) is 5. The van der Waals surface area contributed by atoms with Crippen LogP contribution in [0.25, 0.3) is 0 Å². The maximum absolute atomic E-state index is 14.0. The molecule has 0 aliphatic carbocycles. The molecular formula is C15H18FN3O3. The van der Waals surface area contributed by atoms with Crippen LogP contribution in [0.2, 0.25) is 0 Å². The lowest BCUT2D eigenvalue weighted by molar-refractivity contribution is -0.123. The molecule has 6 nitrogen and oxygen atoms in total. The third-order valence-electron chi connectivity index (χ3n) is 4.21. The number of rotatable bonds is 2. The number of aromatic nitrogens is 1. The van der Waals surface area contributed by atoms with Crippen LogP contribution < -0.4 is 10.1 Å². The van der Waals surface area contributed by atoms with E-state index in [0.29, 0.717) is 25.8 Å². The van der Waals surface area contributed by atoms with Crippen LogP contribution in [0.3, 0.4) is 0 Å². The highest BCUT2D eigenvalue weighted by atomic mass is 19.1. The van der Waals surface area contributed by atoms with E-state index in [1.54, 1.807) is 4.90 Å². The van der Waals surface area contributed by atoms with Crippen molar-refractivity contribution in [2.24, 2.45) is 0 Å². The molecule has 2 aliphatic heterocycles. The number of amides is 1. The van der Waals surface area contributed by atoms with Gasteiger partial charge in [0.05, 0.1) is 13.2 Å². The predicted molar refractivity (Wildman–Crippen MR) is 76.2 cm³/mol. The second kappa shape index (κ2) is 6.00. The molecule has 0 saturated carbocycles. The number of piperidine rings is 1. The van der Waals surface area contributed by atoms with Gasteiger partial charge < -0.3 is 15.0 Å². The zero-order valence-electron chi connectivity index (χ0n) is 12.3. The third kappa shape index (κ3) is 2.68. The molecule has 3 heterocycles. The molecule has 1 aromatic heterocycles. The van der Waals surface area contributed by atoms with Gasteiger partial charge in [0.2, 0.25) is 5.88 Å². The number of nitrogens with one attached hydrogen (secondary N) is 1. The summed E-state index contributed by atoms with van der Waals surface area (Å²) in [7, 11) is 1.41. The van der Waals surface area contributed by atoms with Gasteiger partial charge in [0.15, 0.2) is 11.5 Å². The van der Waals surface area contributed by atoms with Gasteiger partial charge in [-0.1, -0.05) is 0 Å². The molecule has 2 bridgehead atoms. The molecule has 2 unspecified atom stereocenters. The largest absolute Gasteiger partial charge is 0.481 e. The molecule has 1 amide bonds. The summed E-state index contributed by atoms with van der Waals surface area (Å²) >= 11 is 0. The first kappa shape index (κ1) is 14.9. The van der Waals surface area contributed by atoms with Gasteiger partial charge in [0.1, 0.15) is 5.78 Å². The summed E-state index contributed by atoms with van der Waals surface area (Å²) in [5.74, 6) is -0.796. The van der Waals surface area contributed by atoms with Gasteiger partial charge in [0, 0.05) is 31.5 Å². The number of halogens is 1. The number of ketones is 1. The first-order valence-corrected chi connectivity index (χ1v) is 7.35. The summed E-state index contributed by atoms with van der Waals surface area (Å²) in [5.41, 5.74) is -0.245. The van der Waals surface area contributed by atoms with Crippen LogP contribution in [0.15, 0.2) is 12.1 Å². The third-order valence-corrected chi connectivity index (χ3v) is 4.21. The topological polar surface area (TPSA) is 71.5 Å². The molecule has 0 spiro atoms. The van der Waals surface area contributed by atoms with Gasteiger partial charge in [-0.2, -0.15) is 0 Å². The van der Waals surface area contributed by atoms with Gasteiger partial charge in [-0.25, -0.2) is 9.37 Å². The highest BCUT2D eigenvalue weighted by Crippen LogP contribution is 2.27. The average Bonchev–Trinajstić information content (AvgIpc) is 2.63. The maximum atomic E-state index is 14.0. The van der Waals surface area contributed by atoms with E-state index in [1.807, 2.05) is 0 Å². The number of fused-ring (bicyclic) bond motifs is 2. The fourth-order valence-corrected chi connectivity index (χ4v) is 3.19. The minimum absolute atomic E-state index is 0.154. The Labute approximate surface area is 127 Å². The van der Waals surface area contributed by atoms with E-state index in [0.717, 1.165) is 6.54 Å². The normalized spacial score (nSPS) is 24.8. The summed E-state index contributed by atoms with van der Waals surface area (Å²) in [6.45, 7) is 1.28. The van der Waals surface area contributed by atoms with Gasteiger partial charge in [0.25, 0.3) is 5.91 Å². The zero-order chi connectivity index (χ0) is 15.7. The lowest BCUT2D eigenvalue weighted by atomic mass is 9.93. The van der Waals surface area contributed by atoms with Crippen molar-refractivity contribution in [3.8, 4) is 5.88 Å². The van der Waals surface area contributed by atoms with E-state index in [-0.39, 0.29) is 29.4 Å². The summed E-state index contributed by atoms with van der Waals surface area (Å²) in [6, 6.07) is 2.12. The van der Waals surface area contributed by atoms with Crippen molar-refractivity contribution in [2.45, 2.75) is 31.3 Å². The Balaban J connectivity index is 1.95. The van der Waals surface area contributed by atoms with Crippen molar-refractivity contribution in [3.63, 3.8) is 0 Å². The first-order valence-electron chi connectivity index (χ1n) is 7.35. The van der Waals surface area contributed by atoms with Gasteiger partial charge in [-0.15, -0.1) is 0 Å². The van der Waals surface area contributed by atoms with Gasteiger partial charge >= 0.3 is 0 Å². The van der Waals surface area contributed by atoms with Crippen LogP contribution in [0.1, 0.15) is 29.8 Å². The molecule has 118 valence electrons. The van der Waals surface area contributed by atoms with Crippen LogP contribution in [0.5, 0.6) is 5.88 Å². The molecule has 1 N–H and O–H groups in total. The van der Waals surface area contributed by atoms with Crippen molar-refractivity contribution < 1.29 is 18.7 Å². The van der Waals surface area contributed by atoms with Crippen molar-refractivity contribution in [2.75, 3.05) is 20.2 Å². The summed E-state index contributed by atoms with van der Waals surface area (Å²) < 4.78 is 19.0. The van der Waals surface area contributed by atoms with E-state index in [4.69, 9.17) is 4.74 Å². The highest BCUT2D eigenvalue weighted by Gasteiger charge is 2.40. The molecule has 2 aliphatic rings. The van der Waals surface area contributed by atoms with Crippen molar-refractivity contribution in [3.05, 3.63) is 23.6 Å². The second-order valence-corrected chi connectivity index (χ2v) is 5.64. The Morgan fingerprint density at radius 3 is 2.95 bits per heavy atom. The number of carbonyl (C=O) groups excluding carboxylic acids is 2. The lowest BCUT2D eigenvalue weighted by Crippen LogP contribution is -2.53. The Bertz CT molecular complexity index is 590. The van der Waals surface area contributed by atoms with Crippen LogP contribution in [-0.2, 0) is 4.79 Å². The molecule has 0 radical (unpaired) electrons. The standard InChI is InChI=1S/C15H18FN3O3/c1-22-13-3-2-12(16)14(18-13)15(21)19-9-4-5-17-8-10(19)7-11(20)6-9/h2-3,9-10,17H,4-8H2,1H3. The fourth-order valence-electron chi connectivity index (χ4n) is 3.19. The number of Topliss-reactive ketones (excluding diaryl/α,β-unsaturated/α-hetero) is 1. The molecule has 2 fully saturated rings. The Hall–Kier alpha value is -2.02. The minimum atomic E-state index is -0.674. The average molecular weight is 307 g/mol. The molecular weight excluding hydrogens is 289 g/mol. The van der Waals surface area contributed by atoms with E-state index < -0.39 is 11.7 Å². The first-order chi connectivity index (χ1) is 10.6. The van der Waals surface area contributed by atoms with Gasteiger partial charge in [-0.05, 0) is 19.0 Å². The molecule has 22 heavy (non-hydrogen) atoms. The molecule has 2 saturated heterocycles. The quantitative estimate of drug-likeness (QED) is 0.873. The van der Waals surface area contributed by atoms with Crippen LogP contribution in [0, 0.1) is 5.82 Å². The second-order valence-electron chi connectivity index (χ2n) is 5.64. The number of hydrogen-bond donors (Lipinski definition) is 1. The van der Waals surface area contributed by atoms with Crippen LogP contribution >= 0.6 is 0 Å². The molecule has 2 atom stereocenters. The molecule has 0 aromatic carbocycles. The van der Waals surface area contributed by atoms with E-state index >= 15 is 0 Å². The van der Waals surface area contributed by atoms with Crippen LogP contribution in [-0.4, -0.2) is 53.9 Å². The smallest absolute Gasteiger partial charge is 0.276 e. The predicted octanol–water partition coefficient (Wildman–Crippen LogP) is 0.765.